The van der Waals surface area contributed by atoms with Gasteiger partial charge in [-0.25, -0.2) is 4.98 Å². The van der Waals surface area contributed by atoms with Crippen molar-refractivity contribution in [1.29, 1.82) is 0 Å². The second-order valence-electron chi connectivity index (χ2n) is 4.02. The van der Waals surface area contributed by atoms with Crippen LogP contribution >= 0.6 is 0 Å². The van der Waals surface area contributed by atoms with Crippen molar-refractivity contribution in [2.24, 2.45) is 0 Å². The minimum atomic E-state index is 0.458. The molecule has 0 saturated heterocycles. The second kappa shape index (κ2) is 5.40. The van der Waals surface area contributed by atoms with Gasteiger partial charge in [-0.05, 0) is 30.2 Å². The molecule has 0 aliphatic rings. The summed E-state index contributed by atoms with van der Waals surface area (Å²) in [4.78, 5) is 4.16. The zero-order valence-corrected chi connectivity index (χ0v) is 10.5. The van der Waals surface area contributed by atoms with Gasteiger partial charge in [0.05, 0.1) is 7.11 Å². The Morgan fingerprint density at radius 2 is 1.94 bits per heavy atom. The summed E-state index contributed by atoms with van der Waals surface area (Å²) in [6.07, 6.45) is 1.71. The van der Waals surface area contributed by atoms with Crippen LogP contribution in [-0.2, 0) is 6.61 Å². The quantitative estimate of drug-likeness (QED) is 0.898. The molecule has 0 aliphatic carbocycles. The van der Waals surface area contributed by atoms with E-state index < -0.39 is 0 Å². The summed E-state index contributed by atoms with van der Waals surface area (Å²) >= 11 is 0. The van der Waals surface area contributed by atoms with Crippen LogP contribution in [0.3, 0.4) is 0 Å². The summed E-state index contributed by atoms with van der Waals surface area (Å²) < 4.78 is 10.7. The Kier molecular flexibility index (Phi) is 3.67. The third-order valence-electron chi connectivity index (χ3n) is 2.67. The smallest absolute Gasteiger partial charge is 0.215 e. The number of hydrogen-bond acceptors (Lipinski definition) is 4. The number of anilines is 1. The van der Waals surface area contributed by atoms with Crippen LogP contribution in [0.5, 0.6) is 11.6 Å². The molecule has 2 N–H and O–H groups in total. The number of methoxy groups -OCH3 is 1. The summed E-state index contributed by atoms with van der Waals surface area (Å²) in [7, 11) is 1.64. The third kappa shape index (κ3) is 2.91. The predicted molar refractivity (Wildman–Crippen MR) is 70.7 cm³/mol. The number of aromatic nitrogens is 1. The zero-order valence-electron chi connectivity index (χ0n) is 10.5. The Morgan fingerprint density at radius 1 is 1.22 bits per heavy atom. The van der Waals surface area contributed by atoms with Crippen molar-refractivity contribution in [3.8, 4) is 11.6 Å². The van der Waals surface area contributed by atoms with E-state index in [0.717, 1.165) is 16.9 Å². The first-order chi connectivity index (χ1) is 8.69. The van der Waals surface area contributed by atoms with Crippen molar-refractivity contribution in [3.05, 3.63) is 47.7 Å². The lowest BCUT2D eigenvalue weighted by Gasteiger charge is -2.07. The molecule has 0 radical (unpaired) electrons. The van der Waals surface area contributed by atoms with Gasteiger partial charge in [-0.1, -0.05) is 12.1 Å². The lowest BCUT2D eigenvalue weighted by atomic mass is 10.2. The molecule has 4 nitrogen and oxygen atoms in total. The van der Waals surface area contributed by atoms with Crippen LogP contribution in [0.25, 0.3) is 0 Å². The maximum atomic E-state index is 5.79. The van der Waals surface area contributed by atoms with E-state index in [2.05, 4.69) is 4.98 Å². The van der Waals surface area contributed by atoms with Gasteiger partial charge >= 0.3 is 0 Å². The molecule has 1 heterocycles. The molecule has 0 saturated carbocycles. The molecule has 0 bridgehead atoms. The number of nitrogen functional groups attached to an aromatic ring is 1. The van der Waals surface area contributed by atoms with Gasteiger partial charge in [0.15, 0.2) is 0 Å². The Balaban J connectivity index is 1.99. The van der Waals surface area contributed by atoms with E-state index in [1.165, 1.54) is 0 Å². The highest BCUT2D eigenvalue weighted by molar-refractivity contribution is 5.47. The van der Waals surface area contributed by atoms with E-state index in [-0.39, 0.29) is 0 Å². The van der Waals surface area contributed by atoms with Crippen LogP contribution in [0.2, 0.25) is 0 Å². The van der Waals surface area contributed by atoms with Gasteiger partial charge in [0, 0.05) is 18.0 Å². The molecule has 1 aromatic carbocycles. The van der Waals surface area contributed by atoms with E-state index in [1.807, 2.05) is 31.2 Å². The van der Waals surface area contributed by atoms with Gasteiger partial charge < -0.3 is 15.2 Å². The summed E-state index contributed by atoms with van der Waals surface area (Å²) in [5, 5.41) is 0. The highest BCUT2D eigenvalue weighted by atomic mass is 16.5. The minimum Gasteiger partial charge on any atom is -0.497 e. The van der Waals surface area contributed by atoms with E-state index in [4.69, 9.17) is 15.2 Å². The number of aryl methyl sites for hydroxylation is 1. The van der Waals surface area contributed by atoms with Crippen molar-refractivity contribution in [3.63, 3.8) is 0 Å². The number of pyridine rings is 1. The molecule has 2 rings (SSSR count). The number of ether oxygens (including phenoxy) is 2. The van der Waals surface area contributed by atoms with Gasteiger partial charge in [0.25, 0.3) is 0 Å². The number of rotatable bonds is 4. The Bertz CT molecular complexity index is 524. The van der Waals surface area contributed by atoms with Gasteiger partial charge in [-0.3, -0.25) is 0 Å². The van der Waals surface area contributed by atoms with E-state index >= 15 is 0 Å². The standard InChI is InChI=1S/C14H16N2O2/c1-10-8-16-14(7-13(10)15)18-9-11-3-5-12(17-2)6-4-11/h3-8H,9H2,1-2H3,(H2,15,16). The average Bonchev–Trinajstić information content (AvgIpc) is 2.41. The van der Waals surface area contributed by atoms with Crippen LogP contribution in [-0.4, -0.2) is 12.1 Å². The van der Waals surface area contributed by atoms with E-state index in [0.29, 0.717) is 18.2 Å². The topological polar surface area (TPSA) is 57.4 Å². The van der Waals surface area contributed by atoms with E-state index in [9.17, 15) is 0 Å². The third-order valence-corrected chi connectivity index (χ3v) is 2.67. The fourth-order valence-corrected chi connectivity index (χ4v) is 1.48. The highest BCUT2D eigenvalue weighted by Crippen LogP contribution is 2.17. The van der Waals surface area contributed by atoms with Gasteiger partial charge in [0.1, 0.15) is 12.4 Å². The number of nitrogens with zero attached hydrogens (tertiary/aromatic N) is 1. The molecule has 0 atom stereocenters. The Hall–Kier alpha value is -2.23. The van der Waals surface area contributed by atoms with Crippen LogP contribution in [0.4, 0.5) is 5.69 Å². The summed E-state index contributed by atoms with van der Waals surface area (Å²) in [5.41, 5.74) is 8.48. The van der Waals surface area contributed by atoms with Crippen molar-refractivity contribution >= 4 is 5.69 Å². The molecule has 18 heavy (non-hydrogen) atoms. The van der Waals surface area contributed by atoms with Crippen molar-refractivity contribution in [2.75, 3.05) is 12.8 Å². The molecule has 0 unspecified atom stereocenters. The molecule has 94 valence electrons. The Morgan fingerprint density at radius 3 is 2.56 bits per heavy atom. The number of nitrogens with two attached hydrogens (primary N) is 1. The van der Waals surface area contributed by atoms with E-state index in [1.54, 1.807) is 19.4 Å². The first-order valence-electron chi connectivity index (χ1n) is 5.67. The molecular weight excluding hydrogens is 228 g/mol. The van der Waals surface area contributed by atoms with Gasteiger partial charge in [-0.2, -0.15) is 0 Å². The van der Waals surface area contributed by atoms with Crippen LogP contribution in [0, 0.1) is 6.92 Å². The molecule has 2 aromatic rings. The predicted octanol–water partition coefficient (Wildman–Crippen LogP) is 2.56. The molecule has 0 spiro atoms. The fraction of sp³-hybridized carbons (Fsp3) is 0.214. The molecule has 0 fully saturated rings. The summed E-state index contributed by atoms with van der Waals surface area (Å²) in [6, 6.07) is 9.44. The minimum absolute atomic E-state index is 0.458. The molecular formula is C14H16N2O2. The van der Waals surface area contributed by atoms with Crippen molar-refractivity contribution in [2.45, 2.75) is 13.5 Å². The SMILES string of the molecule is COc1ccc(COc2cc(N)c(C)cn2)cc1. The maximum Gasteiger partial charge on any atom is 0.215 e. The monoisotopic (exact) mass is 244 g/mol. The lowest BCUT2D eigenvalue weighted by molar-refractivity contribution is 0.294. The largest absolute Gasteiger partial charge is 0.497 e. The molecule has 0 amide bonds. The van der Waals surface area contributed by atoms with Gasteiger partial charge in [0.2, 0.25) is 5.88 Å². The Labute approximate surface area is 106 Å². The van der Waals surface area contributed by atoms with Crippen molar-refractivity contribution in [1.82, 2.24) is 4.98 Å². The molecule has 4 heteroatoms. The van der Waals surface area contributed by atoms with Crippen molar-refractivity contribution < 1.29 is 9.47 Å². The molecule has 0 aliphatic heterocycles. The van der Waals surface area contributed by atoms with Crippen LogP contribution < -0.4 is 15.2 Å². The normalized spacial score (nSPS) is 10.1. The van der Waals surface area contributed by atoms with Crippen LogP contribution in [0.15, 0.2) is 36.5 Å². The lowest BCUT2D eigenvalue weighted by Crippen LogP contribution is -1.99. The molecule has 1 aromatic heterocycles. The van der Waals surface area contributed by atoms with Crippen LogP contribution in [0.1, 0.15) is 11.1 Å². The number of hydrogen-bond donors (Lipinski definition) is 1. The second-order valence-corrected chi connectivity index (χ2v) is 4.02. The average molecular weight is 244 g/mol. The summed E-state index contributed by atoms with van der Waals surface area (Å²) in [6.45, 7) is 2.37. The maximum absolute atomic E-state index is 5.79. The number of benzene rings is 1. The highest BCUT2D eigenvalue weighted by Gasteiger charge is 2.00. The van der Waals surface area contributed by atoms with Gasteiger partial charge in [-0.15, -0.1) is 0 Å². The zero-order chi connectivity index (χ0) is 13.0. The summed E-state index contributed by atoms with van der Waals surface area (Å²) in [5.74, 6) is 1.37. The first-order valence-corrected chi connectivity index (χ1v) is 5.67. The fourth-order valence-electron chi connectivity index (χ4n) is 1.48. The first kappa shape index (κ1) is 12.2.